The molecular weight excluding hydrogens is 340 g/mol. The fraction of sp³-hybridized carbons (Fsp3) is 0.286. The Bertz CT molecular complexity index is 871. The third-order valence-corrected chi connectivity index (χ3v) is 4.77. The monoisotopic (exact) mass is 362 g/mol. The van der Waals surface area contributed by atoms with Crippen molar-refractivity contribution in [1.82, 2.24) is 14.9 Å². The maximum atomic E-state index is 12.5. The van der Waals surface area contributed by atoms with E-state index in [2.05, 4.69) is 14.9 Å². The minimum Gasteiger partial charge on any atom is -0.441 e. The molecule has 0 spiro atoms. The third-order valence-electron chi connectivity index (χ3n) is 4.77. The summed E-state index contributed by atoms with van der Waals surface area (Å²) in [5.41, 5.74) is 0.994. The number of aryl methyl sites for hydroxylation is 1. The number of rotatable bonds is 5. The Balaban J connectivity index is 1.27. The van der Waals surface area contributed by atoms with Gasteiger partial charge in [0.1, 0.15) is 5.82 Å². The van der Waals surface area contributed by atoms with Crippen LogP contribution in [-0.2, 0) is 11.2 Å². The molecule has 1 fully saturated rings. The van der Waals surface area contributed by atoms with Crippen LogP contribution in [0.25, 0.3) is 11.3 Å². The van der Waals surface area contributed by atoms with E-state index in [-0.39, 0.29) is 5.91 Å². The Labute approximate surface area is 158 Å². The number of anilines is 1. The van der Waals surface area contributed by atoms with Gasteiger partial charge in [-0.15, -0.1) is 0 Å². The summed E-state index contributed by atoms with van der Waals surface area (Å²) in [5.74, 6) is 2.46. The molecule has 27 heavy (non-hydrogen) atoms. The molecule has 4 rings (SSSR count). The molecule has 6 nitrogen and oxygen atoms in total. The van der Waals surface area contributed by atoms with Crippen LogP contribution >= 0.6 is 0 Å². The van der Waals surface area contributed by atoms with Gasteiger partial charge in [-0.05, 0) is 12.1 Å². The maximum absolute atomic E-state index is 12.5. The number of hydrogen-bond acceptors (Lipinski definition) is 5. The van der Waals surface area contributed by atoms with E-state index in [4.69, 9.17) is 4.42 Å². The minimum absolute atomic E-state index is 0.148. The summed E-state index contributed by atoms with van der Waals surface area (Å²) in [6.07, 6.45) is 4.46. The molecule has 0 N–H and O–H groups in total. The zero-order valence-corrected chi connectivity index (χ0v) is 15.1. The molecule has 0 bridgehead atoms. The van der Waals surface area contributed by atoms with E-state index in [0.29, 0.717) is 18.7 Å². The molecule has 0 radical (unpaired) electrons. The number of carbonyl (C=O) groups is 1. The molecule has 1 aliphatic rings. The number of benzene rings is 1. The van der Waals surface area contributed by atoms with Gasteiger partial charge in [0.15, 0.2) is 11.7 Å². The molecule has 0 saturated carbocycles. The molecule has 0 aliphatic carbocycles. The smallest absolute Gasteiger partial charge is 0.223 e. The van der Waals surface area contributed by atoms with Gasteiger partial charge < -0.3 is 14.2 Å². The van der Waals surface area contributed by atoms with Gasteiger partial charge in [0.05, 0.1) is 6.20 Å². The van der Waals surface area contributed by atoms with Gasteiger partial charge in [-0.25, -0.2) is 9.97 Å². The van der Waals surface area contributed by atoms with E-state index in [1.807, 2.05) is 53.4 Å². The summed E-state index contributed by atoms with van der Waals surface area (Å²) in [5, 5.41) is 0. The molecule has 3 aromatic rings. The second-order valence-electron chi connectivity index (χ2n) is 6.54. The van der Waals surface area contributed by atoms with Crippen molar-refractivity contribution in [2.24, 2.45) is 0 Å². The number of carbonyl (C=O) groups excluding carboxylic acids is 1. The fourth-order valence-corrected chi connectivity index (χ4v) is 3.26. The first-order chi connectivity index (χ1) is 13.3. The average molecular weight is 362 g/mol. The van der Waals surface area contributed by atoms with E-state index in [9.17, 15) is 4.79 Å². The second-order valence-corrected chi connectivity index (χ2v) is 6.54. The summed E-state index contributed by atoms with van der Waals surface area (Å²) in [7, 11) is 0. The van der Waals surface area contributed by atoms with Crippen LogP contribution in [0.3, 0.4) is 0 Å². The number of piperazine rings is 1. The van der Waals surface area contributed by atoms with Crippen molar-refractivity contribution in [3.8, 4) is 11.3 Å². The highest BCUT2D eigenvalue weighted by atomic mass is 16.4. The Kier molecular flexibility index (Phi) is 5.14. The summed E-state index contributed by atoms with van der Waals surface area (Å²) >= 11 is 0. The van der Waals surface area contributed by atoms with Crippen LogP contribution in [0, 0.1) is 0 Å². The van der Waals surface area contributed by atoms with E-state index in [1.54, 1.807) is 12.4 Å². The molecular formula is C21H22N4O2. The van der Waals surface area contributed by atoms with Crippen LogP contribution in [0.1, 0.15) is 12.3 Å². The Hall–Kier alpha value is -3.15. The molecule has 138 valence electrons. The first kappa shape index (κ1) is 17.3. The van der Waals surface area contributed by atoms with Crippen molar-refractivity contribution in [2.45, 2.75) is 12.8 Å². The van der Waals surface area contributed by atoms with Gasteiger partial charge in [0.2, 0.25) is 5.91 Å². The second kappa shape index (κ2) is 8.03. The predicted molar refractivity (Wildman–Crippen MR) is 103 cm³/mol. The average Bonchev–Trinajstić information content (AvgIpc) is 3.22. The standard InChI is InChI=1S/C21H22N4O2/c26-21(25-14-12-24(13-15-25)19-8-4-5-11-22-19)10-9-20-23-16-18(27-20)17-6-2-1-3-7-17/h1-8,11,16H,9-10,12-15H2. The number of nitrogens with zero attached hydrogens (tertiary/aromatic N) is 4. The van der Waals surface area contributed by atoms with Crippen molar-refractivity contribution in [3.05, 3.63) is 66.8 Å². The van der Waals surface area contributed by atoms with Gasteiger partial charge in [0.25, 0.3) is 0 Å². The van der Waals surface area contributed by atoms with Gasteiger partial charge in [-0.1, -0.05) is 36.4 Å². The Morgan fingerprint density at radius 3 is 2.48 bits per heavy atom. The lowest BCUT2D eigenvalue weighted by atomic mass is 10.2. The molecule has 1 saturated heterocycles. The number of amides is 1. The summed E-state index contributed by atoms with van der Waals surface area (Å²) in [6.45, 7) is 3.05. The van der Waals surface area contributed by atoms with Crippen LogP contribution in [-0.4, -0.2) is 47.0 Å². The van der Waals surface area contributed by atoms with Crippen molar-refractivity contribution in [3.63, 3.8) is 0 Å². The van der Waals surface area contributed by atoms with Crippen molar-refractivity contribution >= 4 is 11.7 Å². The van der Waals surface area contributed by atoms with Crippen molar-refractivity contribution in [2.75, 3.05) is 31.1 Å². The molecule has 1 aromatic carbocycles. The fourth-order valence-electron chi connectivity index (χ4n) is 3.26. The van der Waals surface area contributed by atoms with Crippen LogP contribution in [0.15, 0.2) is 65.3 Å². The maximum Gasteiger partial charge on any atom is 0.223 e. The van der Waals surface area contributed by atoms with Crippen LogP contribution in [0.2, 0.25) is 0 Å². The van der Waals surface area contributed by atoms with Crippen LogP contribution < -0.4 is 4.90 Å². The lowest BCUT2D eigenvalue weighted by Crippen LogP contribution is -2.49. The Morgan fingerprint density at radius 2 is 1.74 bits per heavy atom. The number of hydrogen-bond donors (Lipinski definition) is 0. The summed E-state index contributed by atoms with van der Waals surface area (Å²) in [6, 6.07) is 15.8. The van der Waals surface area contributed by atoms with E-state index < -0.39 is 0 Å². The van der Waals surface area contributed by atoms with Crippen LogP contribution in [0.4, 0.5) is 5.82 Å². The quantitative estimate of drug-likeness (QED) is 0.698. The lowest BCUT2D eigenvalue weighted by molar-refractivity contribution is -0.131. The molecule has 3 heterocycles. The van der Waals surface area contributed by atoms with Gasteiger partial charge in [-0.3, -0.25) is 4.79 Å². The highest BCUT2D eigenvalue weighted by molar-refractivity contribution is 5.76. The van der Waals surface area contributed by atoms with Crippen molar-refractivity contribution in [1.29, 1.82) is 0 Å². The molecule has 1 aliphatic heterocycles. The van der Waals surface area contributed by atoms with Crippen molar-refractivity contribution < 1.29 is 9.21 Å². The van der Waals surface area contributed by atoms with Gasteiger partial charge in [-0.2, -0.15) is 0 Å². The zero-order valence-electron chi connectivity index (χ0n) is 15.1. The topological polar surface area (TPSA) is 62.5 Å². The van der Waals surface area contributed by atoms with Crippen LogP contribution in [0.5, 0.6) is 0 Å². The number of pyridine rings is 1. The normalized spacial score (nSPS) is 14.4. The van der Waals surface area contributed by atoms with E-state index in [1.165, 1.54) is 0 Å². The molecule has 1 amide bonds. The third kappa shape index (κ3) is 4.16. The Morgan fingerprint density at radius 1 is 0.963 bits per heavy atom. The SMILES string of the molecule is O=C(CCc1ncc(-c2ccccc2)o1)N1CCN(c2ccccn2)CC1. The molecule has 2 aromatic heterocycles. The molecule has 0 unspecified atom stereocenters. The van der Waals surface area contributed by atoms with E-state index >= 15 is 0 Å². The van der Waals surface area contributed by atoms with Gasteiger partial charge in [0, 0.05) is 50.8 Å². The van der Waals surface area contributed by atoms with Gasteiger partial charge >= 0.3 is 0 Å². The molecule has 0 atom stereocenters. The largest absolute Gasteiger partial charge is 0.441 e. The number of aromatic nitrogens is 2. The highest BCUT2D eigenvalue weighted by Gasteiger charge is 2.22. The summed E-state index contributed by atoms with van der Waals surface area (Å²) in [4.78, 5) is 25.3. The zero-order chi connectivity index (χ0) is 18.5. The minimum atomic E-state index is 0.148. The first-order valence-corrected chi connectivity index (χ1v) is 9.23. The van der Waals surface area contributed by atoms with E-state index in [0.717, 1.165) is 43.3 Å². The first-order valence-electron chi connectivity index (χ1n) is 9.23. The lowest BCUT2D eigenvalue weighted by Gasteiger charge is -2.35. The predicted octanol–water partition coefficient (Wildman–Crippen LogP) is 3.02. The summed E-state index contributed by atoms with van der Waals surface area (Å²) < 4.78 is 5.78. The molecule has 6 heteroatoms. The number of oxazole rings is 1. The highest BCUT2D eigenvalue weighted by Crippen LogP contribution is 2.20.